The summed E-state index contributed by atoms with van der Waals surface area (Å²) in [5.74, 6) is 0.363. The van der Waals surface area contributed by atoms with Crippen molar-refractivity contribution in [2.75, 3.05) is 7.11 Å². The number of hydrogen-bond donors (Lipinski definition) is 0. The fourth-order valence-electron chi connectivity index (χ4n) is 2.39. The first-order valence-electron chi connectivity index (χ1n) is 6.62. The minimum absolute atomic E-state index is 0.359. The number of esters is 1. The maximum atomic E-state index is 12.1. The van der Waals surface area contributed by atoms with E-state index in [0.717, 1.165) is 22.5 Å². The van der Waals surface area contributed by atoms with E-state index >= 15 is 0 Å². The average Bonchev–Trinajstić information content (AvgIpc) is 3.08. The molecule has 0 aliphatic heterocycles. The largest absolute Gasteiger partial charge is 0.465 e. The fourth-order valence-corrected chi connectivity index (χ4v) is 2.39. The third kappa shape index (κ3) is 2.46. The predicted octanol–water partition coefficient (Wildman–Crippen LogP) is 4.40. The Labute approximate surface area is 122 Å². The van der Waals surface area contributed by atoms with Crippen LogP contribution in [0.2, 0.25) is 0 Å². The van der Waals surface area contributed by atoms with Gasteiger partial charge < -0.3 is 9.15 Å². The van der Waals surface area contributed by atoms with Crippen molar-refractivity contribution in [1.82, 2.24) is 0 Å². The third-order valence-electron chi connectivity index (χ3n) is 3.32. The van der Waals surface area contributed by atoms with Crippen molar-refractivity contribution in [2.45, 2.75) is 0 Å². The van der Waals surface area contributed by atoms with Crippen molar-refractivity contribution >= 4 is 5.97 Å². The molecule has 0 saturated heterocycles. The summed E-state index contributed by atoms with van der Waals surface area (Å²) in [4.78, 5) is 12.1. The Morgan fingerprint density at radius 3 is 2.43 bits per heavy atom. The maximum absolute atomic E-state index is 12.1. The Morgan fingerprint density at radius 2 is 1.76 bits per heavy atom. The molecule has 0 fully saturated rings. The van der Waals surface area contributed by atoms with E-state index in [9.17, 15) is 4.79 Å². The SMILES string of the molecule is COC(=O)c1cccc(-c2ccco2)c1-c1ccccc1. The molecule has 0 aliphatic rings. The summed E-state index contributed by atoms with van der Waals surface area (Å²) >= 11 is 0. The number of benzene rings is 2. The highest BCUT2D eigenvalue weighted by Crippen LogP contribution is 2.35. The van der Waals surface area contributed by atoms with Gasteiger partial charge in [-0.25, -0.2) is 4.79 Å². The van der Waals surface area contributed by atoms with Gasteiger partial charge in [-0.05, 0) is 23.8 Å². The molecule has 0 bridgehead atoms. The van der Waals surface area contributed by atoms with Crippen LogP contribution in [0.4, 0.5) is 0 Å². The lowest BCUT2D eigenvalue weighted by atomic mass is 9.93. The molecular weight excluding hydrogens is 264 g/mol. The van der Waals surface area contributed by atoms with Crippen LogP contribution in [-0.4, -0.2) is 13.1 Å². The Kier molecular flexibility index (Phi) is 3.56. The third-order valence-corrected chi connectivity index (χ3v) is 3.32. The second kappa shape index (κ2) is 5.67. The number of furan rings is 1. The van der Waals surface area contributed by atoms with Crippen LogP contribution < -0.4 is 0 Å². The zero-order valence-corrected chi connectivity index (χ0v) is 11.6. The molecule has 0 amide bonds. The van der Waals surface area contributed by atoms with E-state index in [4.69, 9.17) is 9.15 Å². The standard InChI is InChI=1S/C18H14O3/c1-20-18(19)15-10-5-9-14(16-11-6-12-21-16)17(15)13-7-3-2-4-8-13/h2-12H,1H3. The van der Waals surface area contributed by atoms with Gasteiger partial charge in [-0.2, -0.15) is 0 Å². The quantitative estimate of drug-likeness (QED) is 0.666. The Hall–Kier alpha value is -2.81. The van der Waals surface area contributed by atoms with Crippen LogP contribution in [0.3, 0.4) is 0 Å². The van der Waals surface area contributed by atoms with Crippen LogP contribution in [-0.2, 0) is 4.74 Å². The topological polar surface area (TPSA) is 39.4 Å². The molecule has 0 spiro atoms. The fraction of sp³-hybridized carbons (Fsp3) is 0.0556. The molecule has 0 N–H and O–H groups in total. The van der Waals surface area contributed by atoms with Gasteiger partial charge in [0.05, 0.1) is 18.9 Å². The summed E-state index contributed by atoms with van der Waals surface area (Å²) < 4.78 is 10.4. The molecule has 0 saturated carbocycles. The minimum atomic E-state index is -0.359. The summed E-state index contributed by atoms with van der Waals surface area (Å²) in [5, 5.41) is 0. The molecule has 104 valence electrons. The highest BCUT2D eigenvalue weighted by molar-refractivity contribution is 6.01. The number of hydrogen-bond acceptors (Lipinski definition) is 3. The number of rotatable bonds is 3. The normalized spacial score (nSPS) is 10.3. The lowest BCUT2D eigenvalue weighted by molar-refractivity contribution is 0.0601. The molecular formula is C18H14O3. The van der Waals surface area contributed by atoms with Crippen molar-refractivity contribution in [1.29, 1.82) is 0 Å². The monoisotopic (exact) mass is 278 g/mol. The number of methoxy groups -OCH3 is 1. The molecule has 0 atom stereocenters. The molecule has 3 aromatic rings. The molecule has 0 radical (unpaired) electrons. The van der Waals surface area contributed by atoms with Gasteiger partial charge in [0.1, 0.15) is 5.76 Å². The zero-order valence-electron chi connectivity index (χ0n) is 11.6. The lowest BCUT2D eigenvalue weighted by Gasteiger charge is -2.12. The Bertz CT molecular complexity index is 743. The van der Waals surface area contributed by atoms with Gasteiger partial charge in [-0.1, -0.05) is 42.5 Å². The van der Waals surface area contributed by atoms with E-state index < -0.39 is 0 Å². The van der Waals surface area contributed by atoms with Gasteiger partial charge in [0.2, 0.25) is 0 Å². The van der Waals surface area contributed by atoms with Crippen molar-refractivity contribution < 1.29 is 13.9 Å². The average molecular weight is 278 g/mol. The second-order valence-corrected chi connectivity index (χ2v) is 4.56. The van der Waals surface area contributed by atoms with Crippen LogP contribution >= 0.6 is 0 Å². The van der Waals surface area contributed by atoms with Crippen LogP contribution in [0.1, 0.15) is 10.4 Å². The van der Waals surface area contributed by atoms with Crippen molar-refractivity contribution in [3.8, 4) is 22.5 Å². The van der Waals surface area contributed by atoms with Crippen molar-refractivity contribution in [3.05, 3.63) is 72.5 Å². The van der Waals surface area contributed by atoms with Gasteiger partial charge >= 0.3 is 5.97 Å². The van der Waals surface area contributed by atoms with Gasteiger partial charge in [-0.3, -0.25) is 0 Å². The second-order valence-electron chi connectivity index (χ2n) is 4.56. The maximum Gasteiger partial charge on any atom is 0.338 e. The van der Waals surface area contributed by atoms with Gasteiger partial charge in [-0.15, -0.1) is 0 Å². The first kappa shape index (κ1) is 13.2. The summed E-state index contributed by atoms with van der Waals surface area (Å²) in [6, 6.07) is 19.0. The summed E-state index contributed by atoms with van der Waals surface area (Å²) in [5.41, 5.74) is 3.16. The van der Waals surface area contributed by atoms with E-state index in [0.29, 0.717) is 5.56 Å². The van der Waals surface area contributed by atoms with Crippen LogP contribution in [0.5, 0.6) is 0 Å². The molecule has 21 heavy (non-hydrogen) atoms. The van der Waals surface area contributed by atoms with Gasteiger partial charge in [0.15, 0.2) is 0 Å². The smallest absolute Gasteiger partial charge is 0.338 e. The van der Waals surface area contributed by atoms with Crippen molar-refractivity contribution in [3.63, 3.8) is 0 Å². The van der Waals surface area contributed by atoms with Crippen LogP contribution in [0, 0.1) is 0 Å². The lowest BCUT2D eigenvalue weighted by Crippen LogP contribution is -2.04. The van der Waals surface area contributed by atoms with Crippen LogP contribution in [0.25, 0.3) is 22.5 Å². The highest BCUT2D eigenvalue weighted by Gasteiger charge is 2.18. The number of carbonyl (C=O) groups is 1. The summed E-state index contributed by atoms with van der Waals surface area (Å²) in [6.45, 7) is 0. The first-order chi connectivity index (χ1) is 10.3. The van der Waals surface area contributed by atoms with E-state index in [1.807, 2.05) is 54.6 Å². The summed E-state index contributed by atoms with van der Waals surface area (Å²) in [7, 11) is 1.39. The van der Waals surface area contributed by atoms with E-state index in [1.54, 1.807) is 12.3 Å². The molecule has 0 unspecified atom stereocenters. The Balaban J connectivity index is 2.29. The first-order valence-corrected chi connectivity index (χ1v) is 6.62. The van der Waals surface area contributed by atoms with Gasteiger partial charge in [0.25, 0.3) is 0 Å². The minimum Gasteiger partial charge on any atom is -0.465 e. The highest BCUT2D eigenvalue weighted by atomic mass is 16.5. The Morgan fingerprint density at radius 1 is 0.952 bits per heavy atom. The molecule has 3 heteroatoms. The van der Waals surface area contributed by atoms with E-state index in [2.05, 4.69) is 0 Å². The molecule has 1 heterocycles. The number of carbonyl (C=O) groups excluding carboxylic acids is 1. The summed E-state index contributed by atoms with van der Waals surface area (Å²) in [6.07, 6.45) is 1.62. The molecule has 3 nitrogen and oxygen atoms in total. The molecule has 0 aliphatic carbocycles. The molecule has 3 rings (SSSR count). The predicted molar refractivity (Wildman–Crippen MR) is 80.9 cm³/mol. The molecule has 2 aromatic carbocycles. The van der Waals surface area contributed by atoms with E-state index in [-0.39, 0.29) is 5.97 Å². The number of ether oxygens (including phenoxy) is 1. The van der Waals surface area contributed by atoms with Crippen molar-refractivity contribution in [2.24, 2.45) is 0 Å². The van der Waals surface area contributed by atoms with Crippen LogP contribution in [0.15, 0.2) is 71.3 Å². The van der Waals surface area contributed by atoms with E-state index in [1.165, 1.54) is 7.11 Å². The zero-order chi connectivity index (χ0) is 14.7. The molecule has 1 aromatic heterocycles. The van der Waals surface area contributed by atoms with Gasteiger partial charge in [0, 0.05) is 11.1 Å².